The molecule has 2 aromatic rings. The molecule has 0 bridgehead atoms. The van der Waals surface area contributed by atoms with E-state index in [2.05, 4.69) is 4.98 Å². The van der Waals surface area contributed by atoms with Crippen molar-refractivity contribution in [1.29, 1.82) is 0 Å². The van der Waals surface area contributed by atoms with Gasteiger partial charge in [0.05, 0.1) is 15.1 Å². The highest BCUT2D eigenvalue weighted by atomic mass is 35.5. The molecule has 1 heterocycles. The Balaban J connectivity index is 2.14. The van der Waals surface area contributed by atoms with Crippen LogP contribution in [0.1, 0.15) is 16.1 Å². The predicted octanol–water partition coefficient (Wildman–Crippen LogP) is 4.54. The normalized spacial score (nSPS) is 10.4. The minimum Gasteiger partial charge on any atom is -0.456 e. The second-order valence-electron chi connectivity index (χ2n) is 3.75. The van der Waals surface area contributed by atoms with Crippen LogP contribution in [0.4, 0.5) is 4.39 Å². The van der Waals surface area contributed by atoms with E-state index in [4.69, 9.17) is 39.5 Å². The van der Waals surface area contributed by atoms with E-state index in [0.717, 1.165) is 0 Å². The molecule has 0 radical (unpaired) electrons. The number of nitrogens with zero attached hydrogens (tertiary/aromatic N) is 1. The van der Waals surface area contributed by atoms with E-state index in [1.165, 1.54) is 24.4 Å². The molecular formula is C13H7Cl3FNO2. The van der Waals surface area contributed by atoms with Gasteiger partial charge in [-0.15, -0.1) is 0 Å². The minimum atomic E-state index is -0.809. The Morgan fingerprint density at radius 1 is 1.20 bits per heavy atom. The molecule has 0 saturated carbocycles. The van der Waals surface area contributed by atoms with Gasteiger partial charge in [0.15, 0.2) is 5.69 Å². The van der Waals surface area contributed by atoms with Crippen LogP contribution < -0.4 is 0 Å². The van der Waals surface area contributed by atoms with Crippen LogP contribution in [-0.2, 0) is 11.3 Å². The van der Waals surface area contributed by atoms with Crippen molar-refractivity contribution in [3.05, 3.63) is 62.6 Å². The van der Waals surface area contributed by atoms with Gasteiger partial charge in [-0.2, -0.15) is 0 Å². The molecule has 0 saturated heterocycles. The number of halogens is 4. The maximum absolute atomic E-state index is 13.4. The highest BCUT2D eigenvalue weighted by molar-refractivity contribution is 6.48. The second-order valence-corrected chi connectivity index (χ2v) is 4.91. The van der Waals surface area contributed by atoms with Crippen molar-refractivity contribution in [1.82, 2.24) is 4.98 Å². The molecule has 0 atom stereocenters. The molecule has 0 spiro atoms. The summed E-state index contributed by atoms with van der Waals surface area (Å²) >= 11 is 17.4. The van der Waals surface area contributed by atoms with Crippen LogP contribution in [0.15, 0.2) is 30.5 Å². The minimum absolute atomic E-state index is 0.0150. The molecule has 0 N–H and O–H groups in total. The van der Waals surface area contributed by atoms with Gasteiger partial charge in [0.25, 0.3) is 0 Å². The fourth-order valence-corrected chi connectivity index (χ4v) is 1.97. The number of rotatable bonds is 3. The van der Waals surface area contributed by atoms with Crippen LogP contribution in [0.3, 0.4) is 0 Å². The molecule has 104 valence electrons. The van der Waals surface area contributed by atoms with Crippen LogP contribution in [0.5, 0.6) is 0 Å². The highest BCUT2D eigenvalue weighted by Crippen LogP contribution is 2.31. The summed E-state index contributed by atoms with van der Waals surface area (Å²) in [5.74, 6) is -1.27. The number of pyridine rings is 1. The van der Waals surface area contributed by atoms with Crippen molar-refractivity contribution in [3.63, 3.8) is 0 Å². The predicted molar refractivity (Wildman–Crippen MR) is 74.8 cm³/mol. The van der Waals surface area contributed by atoms with Crippen LogP contribution in [0.25, 0.3) is 0 Å². The van der Waals surface area contributed by atoms with Crippen molar-refractivity contribution in [2.75, 3.05) is 0 Å². The molecule has 0 aliphatic heterocycles. The molecule has 0 amide bonds. The first kappa shape index (κ1) is 15.0. The fourth-order valence-electron chi connectivity index (χ4n) is 1.41. The van der Waals surface area contributed by atoms with E-state index in [1.54, 1.807) is 6.07 Å². The molecule has 1 aromatic heterocycles. The van der Waals surface area contributed by atoms with Gasteiger partial charge in [-0.1, -0.05) is 53.0 Å². The number of hydrogen-bond acceptors (Lipinski definition) is 3. The summed E-state index contributed by atoms with van der Waals surface area (Å²) in [6, 6.07) is 5.95. The number of aromatic nitrogens is 1. The van der Waals surface area contributed by atoms with Gasteiger partial charge < -0.3 is 4.74 Å². The van der Waals surface area contributed by atoms with Crippen LogP contribution in [-0.4, -0.2) is 11.0 Å². The van der Waals surface area contributed by atoms with Crippen molar-refractivity contribution in [2.45, 2.75) is 6.61 Å². The number of benzene rings is 1. The lowest BCUT2D eigenvalue weighted by Crippen LogP contribution is -2.09. The first-order valence-corrected chi connectivity index (χ1v) is 6.54. The Hall–Kier alpha value is -1.36. The third-order valence-corrected chi connectivity index (χ3v) is 3.67. The zero-order valence-corrected chi connectivity index (χ0v) is 12.1. The number of hydrogen-bond donors (Lipinski definition) is 0. The van der Waals surface area contributed by atoms with Crippen molar-refractivity contribution < 1.29 is 13.9 Å². The number of carbonyl (C=O) groups excluding carboxylic acids is 1. The number of esters is 1. The van der Waals surface area contributed by atoms with Crippen LogP contribution >= 0.6 is 34.8 Å². The standard InChI is InChI=1S/C13H7Cl3FNO2/c14-8-5-18-12(11(16)10(8)15)13(19)20-6-7-3-1-2-4-9(7)17/h1-5H,6H2. The molecule has 7 heteroatoms. The molecular weight excluding hydrogens is 328 g/mol. The Morgan fingerprint density at radius 3 is 2.60 bits per heavy atom. The maximum atomic E-state index is 13.4. The number of carbonyl (C=O) groups is 1. The summed E-state index contributed by atoms with van der Waals surface area (Å²) in [7, 11) is 0. The van der Waals surface area contributed by atoms with E-state index in [-0.39, 0.29) is 32.9 Å². The van der Waals surface area contributed by atoms with Crippen molar-refractivity contribution in [3.8, 4) is 0 Å². The smallest absolute Gasteiger partial charge is 0.358 e. The maximum Gasteiger partial charge on any atom is 0.358 e. The lowest BCUT2D eigenvalue weighted by molar-refractivity contribution is 0.0462. The van der Waals surface area contributed by atoms with E-state index in [1.807, 2.05) is 0 Å². The monoisotopic (exact) mass is 333 g/mol. The summed E-state index contributed by atoms with van der Waals surface area (Å²) < 4.78 is 18.3. The molecule has 20 heavy (non-hydrogen) atoms. The van der Waals surface area contributed by atoms with Crippen molar-refractivity contribution >= 4 is 40.8 Å². The summed E-state index contributed by atoms with van der Waals surface area (Å²) in [6.45, 7) is -0.232. The first-order chi connectivity index (χ1) is 9.50. The first-order valence-electron chi connectivity index (χ1n) is 5.40. The number of ether oxygens (including phenoxy) is 1. The zero-order chi connectivity index (χ0) is 14.7. The van der Waals surface area contributed by atoms with Crippen molar-refractivity contribution in [2.24, 2.45) is 0 Å². The molecule has 0 fully saturated rings. The molecule has 2 rings (SSSR count). The lowest BCUT2D eigenvalue weighted by Gasteiger charge is -2.07. The molecule has 0 aliphatic rings. The van der Waals surface area contributed by atoms with E-state index < -0.39 is 11.8 Å². The summed E-state index contributed by atoms with van der Waals surface area (Å²) in [4.78, 5) is 15.6. The van der Waals surface area contributed by atoms with Gasteiger partial charge in [-0.05, 0) is 6.07 Å². The average Bonchev–Trinajstić information content (AvgIpc) is 2.44. The Labute approximate surface area is 129 Å². The van der Waals surface area contributed by atoms with E-state index in [0.29, 0.717) is 0 Å². The highest BCUT2D eigenvalue weighted by Gasteiger charge is 2.18. The summed E-state index contributed by atoms with van der Waals surface area (Å²) in [6.07, 6.45) is 1.19. The van der Waals surface area contributed by atoms with Gasteiger partial charge in [0.2, 0.25) is 0 Å². The third kappa shape index (κ3) is 3.20. The van der Waals surface area contributed by atoms with Crippen LogP contribution in [0, 0.1) is 5.82 Å². The van der Waals surface area contributed by atoms with Gasteiger partial charge in [-0.25, -0.2) is 14.2 Å². The van der Waals surface area contributed by atoms with Gasteiger partial charge >= 0.3 is 5.97 Å². The average molecular weight is 335 g/mol. The molecule has 1 aromatic carbocycles. The SMILES string of the molecule is O=C(OCc1ccccc1F)c1ncc(Cl)c(Cl)c1Cl. The Morgan fingerprint density at radius 2 is 1.90 bits per heavy atom. The summed E-state index contributed by atoms with van der Waals surface area (Å²) in [5.41, 5.74) is 0.0782. The van der Waals surface area contributed by atoms with Gasteiger partial charge in [0, 0.05) is 11.8 Å². The molecule has 3 nitrogen and oxygen atoms in total. The fraction of sp³-hybridized carbons (Fsp3) is 0.0769. The third-order valence-electron chi connectivity index (χ3n) is 2.43. The lowest BCUT2D eigenvalue weighted by atomic mass is 10.2. The van der Waals surface area contributed by atoms with E-state index >= 15 is 0 Å². The topological polar surface area (TPSA) is 39.2 Å². The second kappa shape index (κ2) is 6.39. The molecule has 0 unspecified atom stereocenters. The largest absolute Gasteiger partial charge is 0.456 e. The van der Waals surface area contributed by atoms with E-state index in [9.17, 15) is 9.18 Å². The summed E-state index contributed by atoms with van der Waals surface area (Å²) in [5, 5.41) is 0.0428. The molecule has 0 aliphatic carbocycles. The van der Waals surface area contributed by atoms with Crippen LogP contribution in [0.2, 0.25) is 15.1 Å². The van der Waals surface area contributed by atoms with Gasteiger partial charge in [0.1, 0.15) is 12.4 Å². The Kier molecular flexibility index (Phi) is 4.81. The Bertz CT molecular complexity index is 664. The zero-order valence-electron chi connectivity index (χ0n) is 9.87. The van der Waals surface area contributed by atoms with Gasteiger partial charge in [-0.3, -0.25) is 0 Å². The quantitative estimate of drug-likeness (QED) is 0.774.